The molecule has 0 saturated carbocycles. The monoisotopic (exact) mass is 313 g/mol. The first-order valence-electron chi connectivity index (χ1n) is 5.56. The zero-order chi connectivity index (χ0) is 15.6. The third-order valence-corrected chi connectivity index (χ3v) is 3.47. The molecule has 2 aromatic heterocycles. The highest BCUT2D eigenvalue weighted by molar-refractivity contribution is 7.90. The zero-order valence-electron chi connectivity index (χ0n) is 10.7. The van der Waals surface area contributed by atoms with Crippen LogP contribution in [0, 0.1) is 11.8 Å². The zero-order valence-corrected chi connectivity index (χ0v) is 11.5. The minimum atomic E-state index is -3.45. The Morgan fingerprint density at radius 2 is 1.90 bits per heavy atom. The molecule has 0 aromatic carbocycles. The van der Waals surface area contributed by atoms with Gasteiger partial charge in [0.15, 0.2) is 20.7 Å². The summed E-state index contributed by atoms with van der Waals surface area (Å²) in [5.74, 6) is -3.65. The van der Waals surface area contributed by atoms with Crippen molar-refractivity contribution in [2.24, 2.45) is 0 Å². The van der Waals surface area contributed by atoms with Gasteiger partial charge in [-0.25, -0.2) is 22.8 Å². The fourth-order valence-corrected chi connectivity index (χ4v) is 2.02. The lowest BCUT2D eigenvalue weighted by Gasteiger charge is -2.06. The molecule has 21 heavy (non-hydrogen) atoms. The van der Waals surface area contributed by atoms with Gasteiger partial charge in [-0.2, -0.15) is 4.39 Å². The quantitative estimate of drug-likeness (QED) is 0.865. The molecule has 0 bridgehead atoms. The lowest BCUT2D eigenvalue weighted by atomic mass is 10.2. The maximum atomic E-state index is 13.4. The Balaban J connectivity index is 2.22. The lowest BCUT2D eigenvalue weighted by molar-refractivity contribution is 0.102. The SMILES string of the molecule is CS(=O)(=O)c1ccc(NC(=O)c2ccnc(F)c2F)cn1. The van der Waals surface area contributed by atoms with E-state index in [4.69, 9.17) is 0 Å². The van der Waals surface area contributed by atoms with E-state index in [1.54, 1.807) is 0 Å². The summed E-state index contributed by atoms with van der Waals surface area (Å²) in [5.41, 5.74) is -0.376. The van der Waals surface area contributed by atoms with E-state index in [0.717, 1.165) is 24.7 Å². The molecule has 9 heteroatoms. The summed E-state index contributed by atoms with van der Waals surface area (Å²) >= 11 is 0. The van der Waals surface area contributed by atoms with Crippen LogP contribution in [0.2, 0.25) is 0 Å². The average Bonchev–Trinajstić information content (AvgIpc) is 2.41. The number of aromatic nitrogens is 2. The highest BCUT2D eigenvalue weighted by atomic mass is 32.2. The molecule has 0 spiro atoms. The summed E-state index contributed by atoms with van der Waals surface area (Å²) in [5, 5.41) is 2.11. The standard InChI is InChI=1S/C12H9F2N3O3S/c1-21(19,20)9-3-2-7(6-16-9)17-12(18)8-4-5-15-11(14)10(8)13/h2-6H,1H3,(H,17,18). The molecule has 1 N–H and O–H groups in total. The van der Waals surface area contributed by atoms with Gasteiger partial charge in [-0.05, 0) is 18.2 Å². The number of carbonyl (C=O) groups excluding carboxylic acids is 1. The number of halogens is 2. The smallest absolute Gasteiger partial charge is 0.258 e. The van der Waals surface area contributed by atoms with Crippen LogP contribution in [0.1, 0.15) is 10.4 Å². The second-order valence-corrected chi connectivity index (χ2v) is 6.04. The summed E-state index contributed by atoms with van der Waals surface area (Å²) in [4.78, 5) is 18.5. The number of sulfone groups is 1. The number of pyridine rings is 2. The fraction of sp³-hybridized carbons (Fsp3) is 0.0833. The van der Waals surface area contributed by atoms with Crippen LogP contribution in [-0.4, -0.2) is 30.5 Å². The molecule has 0 unspecified atom stereocenters. The number of rotatable bonds is 3. The largest absolute Gasteiger partial charge is 0.320 e. The molecule has 2 rings (SSSR count). The van der Waals surface area contributed by atoms with Gasteiger partial charge in [-0.15, -0.1) is 0 Å². The van der Waals surface area contributed by atoms with Crippen molar-refractivity contribution >= 4 is 21.4 Å². The number of hydrogen-bond donors (Lipinski definition) is 1. The fourth-order valence-electron chi connectivity index (χ4n) is 1.47. The van der Waals surface area contributed by atoms with E-state index in [1.165, 1.54) is 12.1 Å². The van der Waals surface area contributed by atoms with Gasteiger partial charge in [0.2, 0.25) is 5.95 Å². The van der Waals surface area contributed by atoms with E-state index in [2.05, 4.69) is 15.3 Å². The Hall–Kier alpha value is -2.42. The first-order valence-corrected chi connectivity index (χ1v) is 7.45. The topological polar surface area (TPSA) is 89.0 Å². The molecule has 0 aliphatic carbocycles. The summed E-state index contributed by atoms with van der Waals surface area (Å²) < 4.78 is 48.7. The highest BCUT2D eigenvalue weighted by Crippen LogP contribution is 2.14. The van der Waals surface area contributed by atoms with Gasteiger partial charge in [0.05, 0.1) is 17.4 Å². The Bertz CT molecular complexity index is 792. The van der Waals surface area contributed by atoms with E-state index in [1.807, 2.05) is 0 Å². The maximum Gasteiger partial charge on any atom is 0.258 e. The predicted molar refractivity (Wildman–Crippen MR) is 69.5 cm³/mol. The molecule has 110 valence electrons. The molecule has 0 atom stereocenters. The van der Waals surface area contributed by atoms with Crippen LogP contribution in [0.15, 0.2) is 35.6 Å². The van der Waals surface area contributed by atoms with Crippen LogP contribution in [0.4, 0.5) is 14.5 Å². The van der Waals surface area contributed by atoms with Crippen LogP contribution in [0.5, 0.6) is 0 Å². The third-order valence-electron chi connectivity index (χ3n) is 2.47. The van der Waals surface area contributed by atoms with Gasteiger partial charge in [0.1, 0.15) is 0 Å². The second-order valence-electron chi connectivity index (χ2n) is 4.07. The molecule has 0 aliphatic heterocycles. The maximum absolute atomic E-state index is 13.4. The van der Waals surface area contributed by atoms with Crippen molar-refractivity contribution in [1.82, 2.24) is 9.97 Å². The molecule has 0 aliphatic rings. The van der Waals surface area contributed by atoms with E-state index >= 15 is 0 Å². The Labute approximate surface area is 118 Å². The molecular weight excluding hydrogens is 304 g/mol. The third kappa shape index (κ3) is 3.37. The van der Waals surface area contributed by atoms with Gasteiger partial charge in [0.25, 0.3) is 5.91 Å². The minimum Gasteiger partial charge on any atom is -0.320 e. The number of amides is 1. The van der Waals surface area contributed by atoms with Gasteiger partial charge >= 0.3 is 0 Å². The summed E-state index contributed by atoms with van der Waals surface area (Å²) in [6, 6.07) is 3.50. The van der Waals surface area contributed by atoms with Crippen molar-refractivity contribution in [3.63, 3.8) is 0 Å². The predicted octanol–water partition coefficient (Wildman–Crippen LogP) is 1.41. The van der Waals surface area contributed by atoms with Crippen LogP contribution in [0.25, 0.3) is 0 Å². The lowest BCUT2D eigenvalue weighted by Crippen LogP contribution is -2.15. The van der Waals surface area contributed by atoms with Gasteiger partial charge in [-0.3, -0.25) is 4.79 Å². The average molecular weight is 313 g/mol. The van der Waals surface area contributed by atoms with Gasteiger partial charge in [-0.1, -0.05) is 0 Å². The molecular formula is C12H9F2N3O3S. The first kappa shape index (κ1) is 15.0. The minimum absolute atomic E-state index is 0.143. The first-order chi connectivity index (χ1) is 9.79. The van der Waals surface area contributed by atoms with Gasteiger partial charge < -0.3 is 5.32 Å². The summed E-state index contributed by atoms with van der Waals surface area (Å²) in [6.45, 7) is 0. The van der Waals surface area contributed by atoms with Gasteiger partial charge in [0, 0.05) is 12.5 Å². The van der Waals surface area contributed by atoms with Crippen molar-refractivity contribution < 1.29 is 22.0 Å². The van der Waals surface area contributed by atoms with Crippen LogP contribution in [-0.2, 0) is 9.84 Å². The van der Waals surface area contributed by atoms with Crippen molar-refractivity contribution in [3.8, 4) is 0 Å². The normalized spacial score (nSPS) is 11.2. The molecule has 6 nitrogen and oxygen atoms in total. The van der Waals surface area contributed by atoms with Crippen molar-refractivity contribution in [3.05, 3.63) is 47.9 Å². The van der Waals surface area contributed by atoms with Crippen molar-refractivity contribution in [2.45, 2.75) is 5.03 Å². The molecule has 1 amide bonds. The Morgan fingerprint density at radius 1 is 1.19 bits per heavy atom. The number of nitrogens with zero attached hydrogens (tertiary/aromatic N) is 2. The molecule has 2 heterocycles. The summed E-state index contributed by atoms with van der Waals surface area (Å²) in [7, 11) is -3.45. The van der Waals surface area contributed by atoms with Crippen LogP contribution >= 0.6 is 0 Å². The molecule has 0 radical (unpaired) electrons. The number of hydrogen-bond acceptors (Lipinski definition) is 5. The second kappa shape index (κ2) is 5.52. The highest BCUT2D eigenvalue weighted by Gasteiger charge is 2.16. The van der Waals surface area contributed by atoms with E-state index in [9.17, 15) is 22.0 Å². The number of carbonyl (C=O) groups is 1. The Kier molecular flexibility index (Phi) is 3.94. The van der Waals surface area contributed by atoms with Crippen molar-refractivity contribution in [2.75, 3.05) is 11.6 Å². The van der Waals surface area contributed by atoms with E-state index in [0.29, 0.717) is 0 Å². The number of anilines is 1. The van der Waals surface area contributed by atoms with Crippen LogP contribution in [0.3, 0.4) is 0 Å². The van der Waals surface area contributed by atoms with E-state index < -0.39 is 33.1 Å². The number of nitrogens with one attached hydrogen (secondary N) is 1. The van der Waals surface area contributed by atoms with Crippen molar-refractivity contribution in [1.29, 1.82) is 0 Å². The molecule has 2 aromatic rings. The Morgan fingerprint density at radius 3 is 2.48 bits per heavy atom. The molecule has 0 fully saturated rings. The molecule has 0 saturated heterocycles. The van der Waals surface area contributed by atoms with Crippen LogP contribution < -0.4 is 5.32 Å². The van der Waals surface area contributed by atoms with E-state index in [-0.39, 0.29) is 10.7 Å². The summed E-state index contributed by atoms with van der Waals surface area (Å²) in [6.07, 6.45) is 3.05.